The molecule has 0 aliphatic rings. The summed E-state index contributed by atoms with van der Waals surface area (Å²) in [5.41, 5.74) is 3.23. The number of aromatic nitrogens is 3. The molecule has 10 heteroatoms. The molecule has 2 aromatic carbocycles. The SMILES string of the molecule is C=C(C)C(=O)OCCOC(=O)CCc1ccc(O)c(-n2n3c4ccc(C(=O)OC(C)(C)C)cc4n23)c1. The predicted octanol–water partition coefficient (Wildman–Crippen LogP) is 3.68. The Hall–Kier alpha value is -4.21. The first kappa shape index (κ1) is 24.9. The van der Waals surface area contributed by atoms with Crippen LogP contribution in [-0.4, -0.2) is 55.9 Å². The van der Waals surface area contributed by atoms with Crippen LogP contribution in [0.3, 0.4) is 0 Å². The van der Waals surface area contributed by atoms with E-state index in [1.54, 1.807) is 35.1 Å². The number of rotatable bonds is 9. The Morgan fingerprint density at radius 2 is 1.67 bits per heavy atom. The van der Waals surface area contributed by atoms with Gasteiger partial charge in [-0.3, -0.25) is 4.79 Å². The van der Waals surface area contributed by atoms with Crippen LogP contribution in [0.15, 0.2) is 48.6 Å². The lowest BCUT2D eigenvalue weighted by atomic mass is 10.1. The molecule has 1 N–H and O–H groups in total. The van der Waals surface area contributed by atoms with Crippen molar-refractivity contribution in [2.75, 3.05) is 13.2 Å². The van der Waals surface area contributed by atoms with Crippen LogP contribution in [0.4, 0.5) is 0 Å². The Kier molecular flexibility index (Phi) is 6.53. The van der Waals surface area contributed by atoms with Gasteiger partial charge in [-0.05, 0) is 70.0 Å². The van der Waals surface area contributed by atoms with Crippen molar-refractivity contribution in [2.45, 2.75) is 46.1 Å². The Morgan fingerprint density at radius 3 is 2.36 bits per heavy atom. The normalized spacial score (nSPS) is 11.8. The van der Waals surface area contributed by atoms with Crippen molar-refractivity contribution < 1.29 is 33.7 Å². The summed E-state index contributed by atoms with van der Waals surface area (Å²) >= 11 is 0. The highest BCUT2D eigenvalue weighted by atomic mass is 16.6. The Morgan fingerprint density at radius 1 is 0.972 bits per heavy atom. The number of fused-ring (bicyclic) bond motifs is 4. The van der Waals surface area contributed by atoms with E-state index in [1.165, 1.54) is 6.92 Å². The van der Waals surface area contributed by atoms with Gasteiger partial charge in [-0.2, -0.15) is 0 Å². The number of aromatic hydroxyl groups is 1. The Balaban J connectivity index is 1.40. The minimum Gasteiger partial charge on any atom is -0.506 e. The zero-order chi connectivity index (χ0) is 26.2. The molecule has 2 aromatic heterocycles. The van der Waals surface area contributed by atoms with Gasteiger partial charge in [0, 0.05) is 12.0 Å². The lowest BCUT2D eigenvalue weighted by molar-refractivity contribution is -0.150. The second kappa shape index (κ2) is 9.44. The fourth-order valence-corrected chi connectivity index (χ4v) is 3.63. The van der Waals surface area contributed by atoms with E-state index in [1.807, 2.05) is 36.1 Å². The molecule has 4 rings (SSSR count). The first-order chi connectivity index (χ1) is 17.0. The van der Waals surface area contributed by atoms with E-state index >= 15 is 0 Å². The van der Waals surface area contributed by atoms with E-state index < -0.39 is 23.5 Å². The van der Waals surface area contributed by atoms with Gasteiger partial charge in [0.05, 0.1) is 5.56 Å². The van der Waals surface area contributed by atoms with Crippen LogP contribution in [0, 0.1) is 0 Å². The van der Waals surface area contributed by atoms with Crippen molar-refractivity contribution in [3.05, 3.63) is 59.7 Å². The molecule has 0 unspecified atom stereocenters. The third-order valence-corrected chi connectivity index (χ3v) is 5.35. The van der Waals surface area contributed by atoms with Crippen molar-refractivity contribution in [1.82, 2.24) is 14.1 Å². The molecular formula is C26H29N3O7. The number of phenolic OH excluding ortho intramolecular Hbond substituents is 1. The van der Waals surface area contributed by atoms with Gasteiger partial charge in [0.2, 0.25) is 0 Å². The molecule has 0 amide bonds. The number of benzene rings is 2. The third kappa shape index (κ3) is 5.22. The van der Waals surface area contributed by atoms with Crippen LogP contribution in [0.2, 0.25) is 0 Å². The third-order valence-electron chi connectivity index (χ3n) is 5.35. The summed E-state index contributed by atoms with van der Waals surface area (Å²) in [7, 11) is 0. The Bertz CT molecular complexity index is 1450. The van der Waals surface area contributed by atoms with E-state index in [9.17, 15) is 19.5 Å². The van der Waals surface area contributed by atoms with Gasteiger partial charge in [0.15, 0.2) is 0 Å². The quantitative estimate of drug-likeness (QED) is 0.163. The average Bonchev–Trinajstić information content (AvgIpc) is 3.46. The molecule has 0 saturated heterocycles. The van der Waals surface area contributed by atoms with Crippen molar-refractivity contribution in [2.24, 2.45) is 0 Å². The summed E-state index contributed by atoms with van der Waals surface area (Å²) < 4.78 is 19.1. The molecule has 0 radical (unpaired) electrons. The summed E-state index contributed by atoms with van der Waals surface area (Å²) in [6.45, 7) is 10.4. The van der Waals surface area contributed by atoms with Gasteiger partial charge in [-0.15, -0.1) is 14.1 Å². The molecule has 36 heavy (non-hydrogen) atoms. The van der Waals surface area contributed by atoms with Crippen LogP contribution in [-0.2, 0) is 30.2 Å². The lowest BCUT2D eigenvalue weighted by Gasteiger charge is -2.19. The van der Waals surface area contributed by atoms with Crippen LogP contribution >= 0.6 is 0 Å². The van der Waals surface area contributed by atoms with E-state index in [-0.39, 0.29) is 31.0 Å². The summed E-state index contributed by atoms with van der Waals surface area (Å²) in [5, 5.41) is 10.5. The van der Waals surface area contributed by atoms with Gasteiger partial charge in [-0.25, -0.2) is 9.59 Å². The lowest BCUT2D eigenvalue weighted by Crippen LogP contribution is -2.23. The second-order valence-corrected chi connectivity index (χ2v) is 9.53. The van der Waals surface area contributed by atoms with Crippen molar-refractivity contribution in [1.29, 1.82) is 0 Å². The number of aryl methyl sites for hydroxylation is 1. The minimum absolute atomic E-state index is 0.0279. The summed E-state index contributed by atoms with van der Waals surface area (Å²) in [6.07, 6.45) is 0.535. The van der Waals surface area contributed by atoms with Gasteiger partial charge >= 0.3 is 17.9 Å². The van der Waals surface area contributed by atoms with E-state index in [2.05, 4.69) is 6.58 Å². The smallest absolute Gasteiger partial charge is 0.338 e. The van der Waals surface area contributed by atoms with Gasteiger partial charge in [-0.1, -0.05) is 12.6 Å². The van der Waals surface area contributed by atoms with E-state index in [0.29, 0.717) is 17.7 Å². The van der Waals surface area contributed by atoms with Crippen molar-refractivity contribution >= 4 is 28.9 Å². The summed E-state index contributed by atoms with van der Waals surface area (Å²) in [6, 6.07) is 10.4. The highest BCUT2D eigenvalue weighted by Gasteiger charge is 2.27. The highest BCUT2D eigenvalue weighted by Crippen LogP contribution is 2.32. The molecule has 4 aromatic rings. The summed E-state index contributed by atoms with van der Waals surface area (Å²) in [4.78, 5) is 37.5. The molecule has 0 bridgehead atoms. The molecule has 0 fully saturated rings. The number of ether oxygens (including phenoxy) is 3. The molecule has 0 atom stereocenters. The maximum Gasteiger partial charge on any atom is 0.338 e. The second-order valence-electron chi connectivity index (χ2n) is 9.53. The van der Waals surface area contributed by atoms with E-state index in [4.69, 9.17) is 14.2 Å². The number of hydrogen-bond donors (Lipinski definition) is 1. The molecule has 10 nitrogen and oxygen atoms in total. The number of esters is 3. The van der Waals surface area contributed by atoms with Crippen LogP contribution in [0.1, 0.15) is 50.0 Å². The maximum atomic E-state index is 12.4. The predicted molar refractivity (Wildman–Crippen MR) is 131 cm³/mol. The highest BCUT2D eigenvalue weighted by molar-refractivity contribution is 5.94. The largest absolute Gasteiger partial charge is 0.506 e. The molecule has 0 saturated carbocycles. The fraction of sp³-hybridized carbons (Fsp3) is 0.346. The molecule has 0 spiro atoms. The molecule has 190 valence electrons. The maximum absolute atomic E-state index is 12.4. The monoisotopic (exact) mass is 495 g/mol. The number of phenols is 1. The van der Waals surface area contributed by atoms with Crippen LogP contribution in [0.5, 0.6) is 5.75 Å². The first-order valence-corrected chi connectivity index (χ1v) is 11.5. The first-order valence-electron chi connectivity index (χ1n) is 11.5. The zero-order valence-corrected chi connectivity index (χ0v) is 20.7. The zero-order valence-electron chi connectivity index (χ0n) is 20.7. The van der Waals surface area contributed by atoms with Gasteiger partial charge < -0.3 is 19.3 Å². The molecule has 0 aliphatic heterocycles. The number of hydrogen-bond acceptors (Lipinski definition) is 7. The minimum atomic E-state index is -0.589. The van der Waals surface area contributed by atoms with Crippen molar-refractivity contribution in [3.63, 3.8) is 0 Å². The average molecular weight is 496 g/mol. The van der Waals surface area contributed by atoms with Gasteiger partial charge in [0.25, 0.3) is 0 Å². The molecule has 2 heterocycles. The molecule has 0 aliphatic carbocycles. The Labute approximate surface area is 207 Å². The fourth-order valence-electron chi connectivity index (χ4n) is 3.63. The topological polar surface area (TPSA) is 113 Å². The van der Waals surface area contributed by atoms with Crippen LogP contribution < -0.4 is 0 Å². The number of carbonyl (C=O) groups is 3. The molecular weight excluding hydrogens is 466 g/mol. The number of nitrogens with zero attached hydrogens (tertiary/aromatic N) is 3. The summed E-state index contributed by atoms with van der Waals surface area (Å²) in [5.74, 6) is -1.27. The standard InChI is InChI=1S/C26H29N3O7/c1-16(2)24(32)35-13-12-34-23(31)11-7-17-6-10-22(30)21(14-17)29-27-19-9-8-18(15-20(19)28(27)29)25(33)36-26(3,4)5/h6,8-10,14-15,30H,1,7,11-13H2,2-5H3. The van der Waals surface area contributed by atoms with Crippen molar-refractivity contribution in [3.8, 4) is 11.4 Å². The number of carbonyl (C=O) groups excluding carboxylic acids is 3. The van der Waals surface area contributed by atoms with E-state index in [0.717, 1.165) is 16.6 Å². The van der Waals surface area contributed by atoms with Gasteiger partial charge in [0.1, 0.15) is 41.3 Å². The van der Waals surface area contributed by atoms with Crippen LogP contribution in [0.25, 0.3) is 16.7 Å².